The van der Waals surface area contributed by atoms with Crippen LogP contribution in [0.25, 0.3) is 0 Å². The maximum atomic E-state index is 12.2. The highest BCUT2D eigenvalue weighted by Gasteiger charge is 2.12. The van der Waals surface area contributed by atoms with Gasteiger partial charge in [-0.05, 0) is 70.0 Å². The number of carbonyl (C=O) groups excluding carboxylic acids is 1. The Hall–Kier alpha value is -2.27. The molecule has 0 saturated heterocycles. The van der Waals surface area contributed by atoms with Gasteiger partial charge < -0.3 is 21.1 Å². The van der Waals surface area contributed by atoms with Crippen LogP contribution in [-0.2, 0) is 4.74 Å². The lowest BCUT2D eigenvalue weighted by Gasteiger charge is -2.21. The topological polar surface area (TPSA) is 76.4 Å². The molecule has 1 atom stereocenters. The molecule has 0 heterocycles. The molecule has 0 bridgehead atoms. The fraction of sp³-hybridized carbons (Fsp3) is 0.421. The molecule has 1 amide bonds. The van der Waals surface area contributed by atoms with E-state index in [-0.39, 0.29) is 18.1 Å². The van der Waals surface area contributed by atoms with E-state index in [1.165, 1.54) is 5.70 Å². The third kappa shape index (κ3) is 5.74. The van der Waals surface area contributed by atoms with Crippen LogP contribution in [0, 0.1) is 0 Å². The van der Waals surface area contributed by atoms with E-state index in [0.717, 1.165) is 25.1 Å². The zero-order valence-electron chi connectivity index (χ0n) is 14.6. The summed E-state index contributed by atoms with van der Waals surface area (Å²) in [4.78, 5) is 12.2. The summed E-state index contributed by atoms with van der Waals surface area (Å²) in [6, 6.07) is 6.92. The van der Waals surface area contributed by atoms with Crippen molar-refractivity contribution in [2.24, 2.45) is 0 Å². The largest absolute Gasteiger partial charge is 0.399 e. The van der Waals surface area contributed by atoms with Crippen molar-refractivity contribution >= 4 is 11.6 Å². The number of hydrogen-bond donors (Lipinski definition) is 3. The molecule has 2 rings (SSSR count). The first-order chi connectivity index (χ1) is 11.4. The molecule has 4 N–H and O–H groups in total. The van der Waals surface area contributed by atoms with Gasteiger partial charge in [0.05, 0.1) is 12.2 Å². The van der Waals surface area contributed by atoms with E-state index in [4.69, 9.17) is 10.5 Å². The molecule has 0 aromatic heterocycles. The number of benzene rings is 1. The van der Waals surface area contributed by atoms with Crippen molar-refractivity contribution in [2.45, 2.75) is 45.8 Å². The standard InChI is InChI=1S/C19H27N3O2/c1-13(2)24-14(3)12-21-17-8-10-18(11-9-17)22-19(23)15-4-6-16(20)7-5-15/h4-8,10,13-14,21H,9,11-12,20H2,1-3H3,(H,22,23)/t14-/m1/s1. The van der Waals surface area contributed by atoms with Gasteiger partial charge in [-0.1, -0.05) is 0 Å². The predicted octanol–water partition coefficient (Wildman–Crippen LogP) is 2.96. The molecule has 0 radical (unpaired) electrons. The molecule has 0 saturated carbocycles. The average Bonchev–Trinajstić information content (AvgIpc) is 2.54. The van der Waals surface area contributed by atoms with Crippen molar-refractivity contribution in [1.82, 2.24) is 10.6 Å². The van der Waals surface area contributed by atoms with Gasteiger partial charge in [0.2, 0.25) is 0 Å². The maximum Gasteiger partial charge on any atom is 0.255 e. The summed E-state index contributed by atoms with van der Waals surface area (Å²) in [5.41, 5.74) is 8.99. The average molecular weight is 329 g/mol. The summed E-state index contributed by atoms with van der Waals surface area (Å²) in [5, 5.41) is 6.35. The second-order valence-corrected chi connectivity index (χ2v) is 6.34. The van der Waals surface area contributed by atoms with Crippen LogP contribution >= 0.6 is 0 Å². The van der Waals surface area contributed by atoms with Crippen molar-refractivity contribution in [3.8, 4) is 0 Å². The van der Waals surface area contributed by atoms with Crippen molar-refractivity contribution in [1.29, 1.82) is 0 Å². The number of amides is 1. The molecular formula is C19H27N3O2. The Bertz CT molecular complexity index is 618. The van der Waals surface area contributed by atoms with Gasteiger partial charge in [0, 0.05) is 29.2 Å². The van der Waals surface area contributed by atoms with Gasteiger partial charge in [0.25, 0.3) is 5.91 Å². The lowest BCUT2D eigenvalue weighted by atomic mass is 10.1. The highest BCUT2D eigenvalue weighted by atomic mass is 16.5. The van der Waals surface area contributed by atoms with Crippen molar-refractivity contribution in [3.05, 3.63) is 53.4 Å². The predicted molar refractivity (Wildman–Crippen MR) is 97.4 cm³/mol. The Balaban J connectivity index is 1.84. The van der Waals surface area contributed by atoms with E-state index in [2.05, 4.69) is 17.6 Å². The molecule has 0 unspecified atom stereocenters. The summed E-state index contributed by atoms with van der Waals surface area (Å²) in [7, 11) is 0. The Morgan fingerprint density at radius 3 is 2.33 bits per heavy atom. The van der Waals surface area contributed by atoms with Crippen LogP contribution in [0.4, 0.5) is 5.69 Å². The molecular weight excluding hydrogens is 302 g/mol. The van der Waals surface area contributed by atoms with Crippen LogP contribution in [0.1, 0.15) is 44.0 Å². The summed E-state index contributed by atoms with van der Waals surface area (Å²) < 4.78 is 5.70. The molecule has 1 aliphatic carbocycles. The van der Waals surface area contributed by atoms with Crippen molar-refractivity contribution in [3.63, 3.8) is 0 Å². The summed E-state index contributed by atoms with van der Waals surface area (Å²) in [6.45, 7) is 6.92. The fourth-order valence-corrected chi connectivity index (χ4v) is 2.53. The van der Waals surface area contributed by atoms with Gasteiger partial charge in [0.15, 0.2) is 0 Å². The van der Waals surface area contributed by atoms with Gasteiger partial charge in [0.1, 0.15) is 0 Å². The minimum atomic E-state index is -0.106. The van der Waals surface area contributed by atoms with E-state index in [0.29, 0.717) is 11.3 Å². The number of ether oxygens (including phenoxy) is 1. The second kappa shape index (κ2) is 8.55. The Labute approximate surface area is 144 Å². The number of nitrogens with two attached hydrogens (primary N) is 1. The summed E-state index contributed by atoms with van der Waals surface area (Å²) >= 11 is 0. The number of anilines is 1. The van der Waals surface area contributed by atoms with Crippen LogP contribution in [0.5, 0.6) is 0 Å². The van der Waals surface area contributed by atoms with Crippen LogP contribution in [0.15, 0.2) is 47.8 Å². The Morgan fingerprint density at radius 1 is 1.12 bits per heavy atom. The van der Waals surface area contributed by atoms with Crippen LogP contribution in [0.2, 0.25) is 0 Å². The van der Waals surface area contributed by atoms with Crippen LogP contribution in [-0.4, -0.2) is 24.7 Å². The first kappa shape index (κ1) is 18.1. The molecule has 1 aliphatic rings. The monoisotopic (exact) mass is 329 g/mol. The van der Waals surface area contributed by atoms with Crippen molar-refractivity contribution < 1.29 is 9.53 Å². The third-order valence-corrected chi connectivity index (χ3v) is 3.72. The number of allylic oxidation sites excluding steroid dienone is 4. The maximum absolute atomic E-state index is 12.2. The second-order valence-electron chi connectivity index (χ2n) is 6.34. The quantitative estimate of drug-likeness (QED) is 0.672. The molecule has 0 fully saturated rings. The minimum absolute atomic E-state index is 0.106. The molecule has 130 valence electrons. The molecule has 0 aliphatic heterocycles. The van der Waals surface area contributed by atoms with Gasteiger partial charge in [-0.25, -0.2) is 0 Å². The fourth-order valence-electron chi connectivity index (χ4n) is 2.53. The van der Waals surface area contributed by atoms with Gasteiger partial charge in [-0.2, -0.15) is 0 Å². The van der Waals surface area contributed by atoms with Crippen molar-refractivity contribution in [2.75, 3.05) is 12.3 Å². The van der Waals surface area contributed by atoms with E-state index in [9.17, 15) is 4.79 Å². The number of hydrogen-bond acceptors (Lipinski definition) is 4. The Kier molecular flexibility index (Phi) is 6.44. The normalized spacial score (nSPS) is 15.5. The van der Waals surface area contributed by atoms with E-state index in [1.807, 2.05) is 26.0 Å². The number of nitrogens with one attached hydrogen (secondary N) is 2. The molecule has 1 aromatic rings. The molecule has 5 nitrogen and oxygen atoms in total. The van der Waals surface area contributed by atoms with E-state index >= 15 is 0 Å². The van der Waals surface area contributed by atoms with Gasteiger partial charge >= 0.3 is 0 Å². The zero-order chi connectivity index (χ0) is 17.5. The smallest absolute Gasteiger partial charge is 0.255 e. The van der Waals surface area contributed by atoms with E-state index < -0.39 is 0 Å². The van der Waals surface area contributed by atoms with Crippen LogP contribution in [0.3, 0.4) is 0 Å². The highest BCUT2D eigenvalue weighted by molar-refractivity contribution is 5.95. The number of nitrogen functional groups attached to an aromatic ring is 1. The van der Waals surface area contributed by atoms with E-state index in [1.54, 1.807) is 24.3 Å². The SMILES string of the molecule is CC(C)O[C@H](C)CNC1=CC=C(NC(=O)c2ccc(N)cc2)CC1. The third-order valence-electron chi connectivity index (χ3n) is 3.72. The molecule has 1 aromatic carbocycles. The van der Waals surface area contributed by atoms with Crippen LogP contribution < -0.4 is 16.4 Å². The number of carbonyl (C=O) groups is 1. The number of rotatable bonds is 7. The lowest BCUT2D eigenvalue weighted by molar-refractivity contribution is 0.0207. The lowest BCUT2D eigenvalue weighted by Crippen LogP contribution is -2.30. The van der Waals surface area contributed by atoms with Gasteiger partial charge in [-0.15, -0.1) is 0 Å². The molecule has 0 spiro atoms. The van der Waals surface area contributed by atoms with Gasteiger partial charge in [-0.3, -0.25) is 4.79 Å². The first-order valence-electron chi connectivity index (χ1n) is 8.40. The Morgan fingerprint density at radius 2 is 1.75 bits per heavy atom. The summed E-state index contributed by atoms with van der Waals surface area (Å²) in [5.74, 6) is -0.106. The zero-order valence-corrected chi connectivity index (χ0v) is 14.6. The first-order valence-corrected chi connectivity index (χ1v) is 8.40. The highest BCUT2D eigenvalue weighted by Crippen LogP contribution is 2.16. The summed E-state index contributed by atoms with van der Waals surface area (Å²) in [6.07, 6.45) is 6.05. The molecule has 5 heteroatoms. The molecule has 24 heavy (non-hydrogen) atoms. The minimum Gasteiger partial charge on any atom is -0.399 e.